The van der Waals surface area contributed by atoms with Crippen LogP contribution in [0, 0.1) is 0 Å². The average molecular weight is 199 g/mol. The van der Waals surface area contributed by atoms with Crippen LogP contribution in [0.15, 0.2) is 11.6 Å². The highest BCUT2D eigenvalue weighted by molar-refractivity contribution is 5.78. The standard InChI is InChI=1S/C11H21NO2/c1-5-11(6-2,10(13)14)12-8-7-9(3)4/h7,12H,5-6,8H2,1-4H3,(H,13,14). The molecule has 0 heterocycles. The van der Waals surface area contributed by atoms with E-state index >= 15 is 0 Å². The zero-order valence-corrected chi connectivity index (χ0v) is 9.55. The summed E-state index contributed by atoms with van der Waals surface area (Å²) < 4.78 is 0. The topological polar surface area (TPSA) is 49.3 Å². The molecule has 0 spiro atoms. The van der Waals surface area contributed by atoms with Gasteiger partial charge < -0.3 is 5.11 Å². The summed E-state index contributed by atoms with van der Waals surface area (Å²) in [6.45, 7) is 8.42. The van der Waals surface area contributed by atoms with E-state index in [-0.39, 0.29) is 0 Å². The van der Waals surface area contributed by atoms with Crippen LogP contribution in [0.5, 0.6) is 0 Å². The minimum Gasteiger partial charge on any atom is -0.480 e. The van der Waals surface area contributed by atoms with Crippen molar-refractivity contribution in [2.24, 2.45) is 0 Å². The first-order valence-corrected chi connectivity index (χ1v) is 5.10. The fourth-order valence-corrected chi connectivity index (χ4v) is 1.33. The van der Waals surface area contributed by atoms with Crippen molar-refractivity contribution in [2.45, 2.75) is 46.1 Å². The predicted molar refractivity (Wildman–Crippen MR) is 58.4 cm³/mol. The second-order valence-electron chi connectivity index (χ2n) is 3.76. The van der Waals surface area contributed by atoms with Gasteiger partial charge in [0.05, 0.1) is 0 Å². The van der Waals surface area contributed by atoms with Gasteiger partial charge in [-0.1, -0.05) is 25.5 Å². The van der Waals surface area contributed by atoms with Crippen molar-refractivity contribution >= 4 is 5.97 Å². The van der Waals surface area contributed by atoms with Crippen molar-refractivity contribution < 1.29 is 9.90 Å². The molecule has 82 valence electrons. The Morgan fingerprint density at radius 2 is 1.86 bits per heavy atom. The Labute approximate surface area is 86.2 Å². The monoisotopic (exact) mass is 199 g/mol. The first-order chi connectivity index (χ1) is 6.48. The normalized spacial score (nSPS) is 11.1. The number of rotatable bonds is 6. The van der Waals surface area contributed by atoms with Gasteiger partial charge in [-0.2, -0.15) is 0 Å². The highest BCUT2D eigenvalue weighted by atomic mass is 16.4. The molecule has 0 aliphatic heterocycles. The first kappa shape index (κ1) is 13.2. The lowest BCUT2D eigenvalue weighted by molar-refractivity contribution is -0.145. The quantitative estimate of drug-likeness (QED) is 0.645. The number of hydrogen-bond acceptors (Lipinski definition) is 2. The highest BCUT2D eigenvalue weighted by Crippen LogP contribution is 2.14. The van der Waals surface area contributed by atoms with E-state index in [1.807, 2.05) is 33.8 Å². The second-order valence-corrected chi connectivity index (χ2v) is 3.76. The molecule has 14 heavy (non-hydrogen) atoms. The highest BCUT2D eigenvalue weighted by Gasteiger charge is 2.33. The van der Waals surface area contributed by atoms with Gasteiger partial charge in [0.2, 0.25) is 0 Å². The van der Waals surface area contributed by atoms with Crippen molar-refractivity contribution in [1.29, 1.82) is 0 Å². The zero-order valence-electron chi connectivity index (χ0n) is 9.55. The molecule has 0 aliphatic carbocycles. The molecule has 0 unspecified atom stereocenters. The minimum absolute atomic E-state index is 0.607. The number of carbonyl (C=O) groups is 1. The van der Waals surface area contributed by atoms with E-state index in [9.17, 15) is 4.79 Å². The van der Waals surface area contributed by atoms with Crippen LogP contribution < -0.4 is 5.32 Å². The Morgan fingerprint density at radius 3 is 2.14 bits per heavy atom. The van der Waals surface area contributed by atoms with Crippen LogP contribution in [-0.4, -0.2) is 23.2 Å². The molecule has 0 aromatic rings. The van der Waals surface area contributed by atoms with E-state index in [4.69, 9.17) is 5.11 Å². The minimum atomic E-state index is -0.760. The van der Waals surface area contributed by atoms with E-state index < -0.39 is 11.5 Å². The SMILES string of the molecule is CCC(CC)(NCC=C(C)C)C(=O)O. The molecule has 3 nitrogen and oxygen atoms in total. The van der Waals surface area contributed by atoms with E-state index in [2.05, 4.69) is 5.32 Å². The maximum Gasteiger partial charge on any atom is 0.323 e. The van der Waals surface area contributed by atoms with Gasteiger partial charge >= 0.3 is 5.97 Å². The van der Waals surface area contributed by atoms with Gasteiger partial charge in [-0.25, -0.2) is 0 Å². The van der Waals surface area contributed by atoms with Crippen LogP contribution in [0.25, 0.3) is 0 Å². The van der Waals surface area contributed by atoms with E-state index in [0.717, 1.165) is 0 Å². The Hall–Kier alpha value is -0.830. The smallest absolute Gasteiger partial charge is 0.323 e. The van der Waals surface area contributed by atoms with Crippen molar-refractivity contribution in [3.63, 3.8) is 0 Å². The lowest BCUT2D eigenvalue weighted by Gasteiger charge is -2.27. The number of nitrogens with one attached hydrogen (secondary N) is 1. The number of carboxylic acid groups (broad SMARTS) is 1. The first-order valence-electron chi connectivity index (χ1n) is 5.10. The van der Waals surface area contributed by atoms with Gasteiger partial charge in [-0.3, -0.25) is 10.1 Å². The summed E-state index contributed by atoms with van der Waals surface area (Å²) in [7, 11) is 0. The molecule has 0 aliphatic rings. The summed E-state index contributed by atoms with van der Waals surface area (Å²) in [5.41, 5.74) is 0.440. The van der Waals surface area contributed by atoms with Crippen molar-refractivity contribution in [2.75, 3.05) is 6.54 Å². The summed E-state index contributed by atoms with van der Waals surface area (Å²) in [5.74, 6) is -0.760. The lowest BCUT2D eigenvalue weighted by atomic mass is 9.93. The fraction of sp³-hybridized carbons (Fsp3) is 0.727. The van der Waals surface area contributed by atoms with E-state index in [1.165, 1.54) is 5.57 Å². The van der Waals surface area contributed by atoms with Gasteiger partial charge in [0.1, 0.15) is 5.54 Å². The van der Waals surface area contributed by atoms with Crippen LogP contribution in [0.3, 0.4) is 0 Å². The Balaban J connectivity index is 4.37. The average Bonchev–Trinajstić information content (AvgIpc) is 2.12. The van der Waals surface area contributed by atoms with Gasteiger partial charge in [0.25, 0.3) is 0 Å². The molecule has 0 aromatic heterocycles. The number of allylic oxidation sites excluding steroid dienone is 1. The van der Waals surface area contributed by atoms with E-state index in [0.29, 0.717) is 19.4 Å². The maximum absolute atomic E-state index is 11.1. The van der Waals surface area contributed by atoms with Crippen LogP contribution >= 0.6 is 0 Å². The van der Waals surface area contributed by atoms with Crippen LogP contribution in [0.1, 0.15) is 40.5 Å². The number of aliphatic carboxylic acids is 1. The van der Waals surface area contributed by atoms with E-state index in [1.54, 1.807) is 0 Å². The molecule has 2 N–H and O–H groups in total. The number of carboxylic acids is 1. The largest absolute Gasteiger partial charge is 0.480 e. The van der Waals surface area contributed by atoms with Crippen LogP contribution in [0.2, 0.25) is 0 Å². The molecule has 0 rings (SSSR count). The summed E-state index contributed by atoms with van der Waals surface area (Å²) in [4.78, 5) is 11.1. The molecule has 0 saturated carbocycles. The molecule has 0 aromatic carbocycles. The van der Waals surface area contributed by atoms with Gasteiger partial charge in [0.15, 0.2) is 0 Å². The predicted octanol–water partition coefficient (Wildman–Crippen LogP) is 2.19. The molecular formula is C11H21NO2. The Bertz CT molecular complexity index is 213. The molecule has 0 saturated heterocycles. The molecule has 0 atom stereocenters. The molecule has 0 fully saturated rings. The lowest BCUT2D eigenvalue weighted by Crippen LogP contribution is -2.51. The second kappa shape index (κ2) is 5.81. The molecule has 3 heteroatoms. The summed E-state index contributed by atoms with van der Waals surface area (Å²) in [5, 5.41) is 12.2. The third-order valence-corrected chi connectivity index (χ3v) is 2.57. The van der Waals surface area contributed by atoms with Gasteiger partial charge in [-0.05, 0) is 26.7 Å². The van der Waals surface area contributed by atoms with Crippen molar-refractivity contribution in [1.82, 2.24) is 5.32 Å². The van der Waals surface area contributed by atoms with Crippen LogP contribution in [-0.2, 0) is 4.79 Å². The van der Waals surface area contributed by atoms with Gasteiger partial charge in [-0.15, -0.1) is 0 Å². The summed E-state index contributed by atoms with van der Waals surface area (Å²) in [6, 6.07) is 0. The molecular weight excluding hydrogens is 178 g/mol. The third-order valence-electron chi connectivity index (χ3n) is 2.57. The molecule has 0 radical (unpaired) electrons. The fourth-order valence-electron chi connectivity index (χ4n) is 1.33. The van der Waals surface area contributed by atoms with Crippen molar-refractivity contribution in [3.8, 4) is 0 Å². The molecule has 0 amide bonds. The number of hydrogen-bond donors (Lipinski definition) is 2. The van der Waals surface area contributed by atoms with Crippen LogP contribution in [0.4, 0.5) is 0 Å². The Morgan fingerprint density at radius 1 is 1.36 bits per heavy atom. The molecule has 0 bridgehead atoms. The Kier molecular flexibility index (Phi) is 5.46. The summed E-state index contributed by atoms with van der Waals surface area (Å²) >= 11 is 0. The van der Waals surface area contributed by atoms with Gasteiger partial charge in [0, 0.05) is 6.54 Å². The zero-order chi connectivity index (χ0) is 11.2. The maximum atomic E-state index is 11.1. The summed E-state index contributed by atoms with van der Waals surface area (Å²) in [6.07, 6.45) is 3.22. The van der Waals surface area contributed by atoms with Crippen molar-refractivity contribution in [3.05, 3.63) is 11.6 Å². The third kappa shape index (κ3) is 3.50.